The molecule has 0 radical (unpaired) electrons. The number of allylic oxidation sites excluding steroid dienone is 1. The van der Waals surface area contributed by atoms with Crippen molar-refractivity contribution in [1.29, 1.82) is 5.26 Å². The van der Waals surface area contributed by atoms with Crippen LogP contribution in [0.25, 0.3) is 0 Å². The van der Waals surface area contributed by atoms with E-state index in [0.29, 0.717) is 18.1 Å². The molecule has 2 rings (SSSR count). The zero-order chi connectivity index (χ0) is 15.1. The molecule has 0 saturated heterocycles. The van der Waals surface area contributed by atoms with Gasteiger partial charge in [0.2, 0.25) is 0 Å². The fourth-order valence-electron chi connectivity index (χ4n) is 2.98. The molecule has 112 valence electrons. The molecule has 0 aliphatic heterocycles. The van der Waals surface area contributed by atoms with Gasteiger partial charge >= 0.3 is 0 Å². The summed E-state index contributed by atoms with van der Waals surface area (Å²) in [7, 11) is 0. The molecule has 1 saturated carbocycles. The van der Waals surface area contributed by atoms with Crippen molar-refractivity contribution in [3.8, 4) is 6.07 Å². The predicted octanol–water partition coefficient (Wildman–Crippen LogP) is 4.56. The molecule has 21 heavy (non-hydrogen) atoms. The van der Waals surface area contributed by atoms with E-state index in [4.69, 9.17) is 10.00 Å². The van der Waals surface area contributed by atoms with Crippen molar-refractivity contribution in [2.45, 2.75) is 38.5 Å². The second-order valence-corrected chi connectivity index (χ2v) is 5.55. The Morgan fingerprint density at radius 3 is 2.71 bits per heavy atom. The standard InChI is InChI=1S/C18H22FNO/c1-2-21-11-3-4-14-5-8-16(9-6-14)17-10-7-15(13-20)12-18(17)19/h3-4,7,10,12,14,16H,2,5-6,8-9,11H2,1H3/b4-3+/t14-,16-. The highest BCUT2D eigenvalue weighted by Gasteiger charge is 2.23. The van der Waals surface area contributed by atoms with Crippen LogP contribution in [0.2, 0.25) is 0 Å². The first-order chi connectivity index (χ1) is 10.2. The smallest absolute Gasteiger partial charge is 0.127 e. The van der Waals surface area contributed by atoms with Crippen molar-refractivity contribution >= 4 is 0 Å². The number of halogens is 1. The van der Waals surface area contributed by atoms with E-state index in [2.05, 4.69) is 12.2 Å². The van der Waals surface area contributed by atoms with Crippen LogP contribution in [0.4, 0.5) is 4.39 Å². The number of hydrogen-bond donors (Lipinski definition) is 0. The Bertz CT molecular complexity index is 525. The Morgan fingerprint density at radius 2 is 2.10 bits per heavy atom. The van der Waals surface area contributed by atoms with E-state index in [9.17, 15) is 4.39 Å². The molecule has 1 fully saturated rings. The Morgan fingerprint density at radius 1 is 1.33 bits per heavy atom. The van der Waals surface area contributed by atoms with Crippen molar-refractivity contribution in [3.63, 3.8) is 0 Å². The van der Waals surface area contributed by atoms with Gasteiger partial charge in [0.15, 0.2) is 0 Å². The van der Waals surface area contributed by atoms with Crippen molar-refractivity contribution in [3.05, 3.63) is 47.3 Å². The molecule has 0 amide bonds. The maximum absolute atomic E-state index is 14.0. The van der Waals surface area contributed by atoms with E-state index in [1.807, 2.05) is 13.0 Å². The zero-order valence-electron chi connectivity index (χ0n) is 12.5. The maximum Gasteiger partial charge on any atom is 0.127 e. The maximum atomic E-state index is 14.0. The van der Waals surface area contributed by atoms with Crippen molar-refractivity contribution in [2.75, 3.05) is 13.2 Å². The summed E-state index contributed by atoms with van der Waals surface area (Å²) in [6, 6.07) is 6.82. The predicted molar refractivity (Wildman–Crippen MR) is 81.4 cm³/mol. The SMILES string of the molecule is CCOC/C=C/[C@H]1CC[C@H](c2ccc(C#N)cc2F)CC1. The van der Waals surface area contributed by atoms with Crippen LogP contribution < -0.4 is 0 Å². The third-order valence-corrected chi connectivity index (χ3v) is 4.17. The topological polar surface area (TPSA) is 33.0 Å². The first-order valence-electron chi connectivity index (χ1n) is 7.68. The second-order valence-electron chi connectivity index (χ2n) is 5.55. The zero-order valence-corrected chi connectivity index (χ0v) is 12.5. The summed E-state index contributed by atoms with van der Waals surface area (Å²) in [5.41, 5.74) is 1.16. The first kappa shape index (κ1) is 15.7. The van der Waals surface area contributed by atoms with Crippen LogP contribution in [0.3, 0.4) is 0 Å². The van der Waals surface area contributed by atoms with Crippen LogP contribution in [0.15, 0.2) is 30.4 Å². The highest BCUT2D eigenvalue weighted by Crippen LogP contribution is 2.37. The third-order valence-electron chi connectivity index (χ3n) is 4.17. The van der Waals surface area contributed by atoms with Crippen molar-refractivity contribution < 1.29 is 9.13 Å². The molecule has 1 aromatic rings. The fraction of sp³-hybridized carbons (Fsp3) is 0.500. The van der Waals surface area contributed by atoms with Gasteiger partial charge in [0.25, 0.3) is 0 Å². The van der Waals surface area contributed by atoms with Gasteiger partial charge in [-0.15, -0.1) is 0 Å². The summed E-state index contributed by atoms with van der Waals surface area (Å²) in [5, 5.41) is 8.78. The molecule has 0 spiro atoms. The van der Waals surface area contributed by atoms with E-state index in [-0.39, 0.29) is 11.7 Å². The normalized spacial score (nSPS) is 22.3. The van der Waals surface area contributed by atoms with Crippen LogP contribution in [0.5, 0.6) is 0 Å². The molecular weight excluding hydrogens is 265 g/mol. The monoisotopic (exact) mass is 287 g/mol. The fourth-order valence-corrected chi connectivity index (χ4v) is 2.98. The van der Waals surface area contributed by atoms with Gasteiger partial charge < -0.3 is 4.74 Å². The summed E-state index contributed by atoms with van der Waals surface area (Å²) in [6.45, 7) is 3.42. The van der Waals surface area contributed by atoms with Crippen LogP contribution >= 0.6 is 0 Å². The number of nitriles is 1. The highest BCUT2D eigenvalue weighted by molar-refractivity contribution is 5.34. The van der Waals surface area contributed by atoms with E-state index in [0.717, 1.165) is 37.9 Å². The molecule has 1 aliphatic carbocycles. The van der Waals surface area contributed by atoms with Crippen LogP contribution in [-0.2, 0) is 4.74 Å². The van der Waals surface area contributed by atoms with E-state index in [1.165, 1.54) is 6.07 Å². The average Bonchev–Trinajstić information content (AvgIpc) is 2.52. The lowest BCUT2D eigenvalue weighted by Crippen LogP contribution is -2.13. The summed E-state index contributed by atoms with van der Waals surface area (Å²) in [6.07, 6.45) is 8.52. The van der Waals surface area contributed by atoms with Crippen LogP contribution in [0, 0.1) is 23.1 Å². The average molecular weight is 287 g/mol. The molecule has 0 aromatic heterocycles. The molecule has 0 heterocycles. The summed E-state index contributed by atoms with van der Waals surface area (Å²) < 4.78 is 19.3. The lowest BCUT2D eigenvalue weighted by atomic mass is 9.78. The quantitative estimate of drug-likeness (QED) is 0.587. The molecule has 1 aromatic carbocycles. The molecule has 1 aliphatic rings. The number of ether oxygens (including phenoxy) is 1. The van der Waals surface area contributed by atoms with Crippen LogP contribution in [-0.4, -0.2) is 13.2 Å². The Kier molecular flexibility index (Phi) is 5.95. The molecule has 3 heteroatoms. The lowest BCUT2D eigenvalue weighted by molar-refractivity contribution is 0.177. The van der Waals surface area contributed by atoms with Crippen molar-refractivity contribution in [2.24, 2.45) is 5.92 Å². The Labute approximate surface area is 126 Å². The number of benzene rings is 1. The van der Waals surface area contributed by atoms with E-state index < -0.39 is 0 Å². The van der Waals surface area contributed by atoms with Gasteiger partial charge in [-0.25, -0.2) is 4.39 Å². The van der Waals surface area contributed by atoms with Gasteiger partial charge in [0, 0.05) is 6.61 Å². The molecule has 2 nitrogen and oxygen atoms in total. The molecule has 0 unspecified atom stereocenters. The van der Waals surface area contributed by atoms with Gasteiger partial charge in [0.1, 0.15) is 5.82 Å². The number of nitrogens with zero attached hydrogens (tertiary/aromatic N) is 1. The van der Waals surface area contributed by atoms with Gasteiger partial charge in [0.05, 0.1) is 18.2 Å². The third kappa shape index (κ3) is 4.41. The Hall–Kier alpha value is -1.66. The highest BCUT2D eigenvalue weighted by atomic mass is 19.1. The van der Waals surface area contributed by atoms with E-state index in [1.54, 1.807) is 12.1 Å². The van der Waals surface area contributed by atoms with Crippen molar-refractivity contribution in [1.82, 2.24) is 0 Å². The summed E-state index contributed by atoms with van der Waals surface area (Å²) in [5.74, 6) is 0.641. The second kappa shape index (κ2) is 7.95. The Balaban J connectivity index is 1.89. The largest absolute Gasteiger partial charge is 0.378 e. The molecular formula is C18H22FNO. The van der Waals surface area contributed by atoms with Gasteiger partial charge in [-0.1, -0.05) is 18.2 Å². The molecule has 0 atom stereocenters. The number of hydrogen-bond acceptors (Lipinski definition) is 2. The van der Waals surface area contributed by atoms with Gasteiger partial charge in [-0.3, -0.25) is 0 Å². The minimum Gasteiger partial charge on any atom is -0.378 e. The number of rotatable bonds is 5. The minimum atomic E-state index is -0.232. The first-order valence-corrected chi connectivity index (χ1v) is 7.68. The minimum absolute atomic E-state index is 0.232. The van der Waals surface area contributed by atoms with Gasteiger partial charge in [-0.2, -0.15) is 5.26 Å². The molecule has 0 N–H and O–H groups in total. The van der Waals surface area contributed by atoms with Gasteiger partial charge in [-0.05, 0) is 62.1 Å². The van der Waals surface area contributed by atoms with E-state index >= 15 is 0 Å². The summed E-state index contributed by atoms with van der Waals surface area (Å²) in [4.78, 5) is 0. The molecule has 0 bridgehead atoms. The van der Waals surface area contributed by atoms with Crippen LogP contribution in [0.1, 0.15) is 49.7 Å². The lowest BCUT2D eigenvalue weighted by Gasteiger charge is -2.27. The summed E-state index contributed by atoms with van der Waals surface area (Å²) >= 11 is 0.